The number of pyridine rings is 1. The Hall–Kier alpha value is -2.96. The molecule has 2 aromatic rings. The van der Waals surface area contributed by atoms with Crippen molar-refractivity contribution in [3.8, 4) is 5.69 Å². The fraction of sp³-hybridized carbons (Fsp3) is 0.188. The molecule has 1 aliphatic heterocycles. The highest BCUT2D eigenvalue weighted by molar-refractivity contribution is 5.99. The summed E-state index contributed by atoms with van der Waals surface area (Å²) in [5.74, 6) is -3.02. The average Bonchev–Trinajstić information content (AvgIpc) is 2.90. The van der Waals surface area contributed by atoms with Crippen LogP contribution >= 0.6 is 0 Å². The van der Waals surface area contributed by atoms with Crippen molar-refractivity contribution in [3.05, 3.63) is 58.8 Å². The van der Waals surface area contributed by atoms with Gasteiger partial charge in [0.05, 0.1) is 17.3 Å². The molecule has 3 rings (SSSR count). The van der Waals surface area contributed by atoms with Gasteiger partial charge in [-0.3, -0.25) is 19.0 Å². The van der Waals surface area contributed by atoms with Gasteiger partial charge < -0.3 is 10.0 Å². The first kappa shape index (κ1) is 15.0. The van der Waals surface area contributed by atoms with E-state index in [1.807, 2.05) is 0 Å². The van der Waals surface area contributed by atoms with Crippen LogP contribution in [0.1, 0.15) is 6.42 Å². The number of aromatic nitrogens is 1. The summed E-state index contributed by atoms with van der Waals surface area (Å²) in [6.07, 6.45) is 1.37. The van der Waals surface area contributed by atoms with E-state index in [2.05, 4.69) is 0 Å². The van der Waals surface area contributed by atoms with Crippen LogP contribution in [-0.2, 0) is 9.59 Å². The van der Waals surface area contributed by atoms with Crippen molar-refractivity contribution in [2.45, 2.75) is 6.42 Å². The van der Waals surface area contributed by atoms with E-state index in [0.717, 1.165) is 11.0 Å². The van der Waals surface area contributed by atoms with Crippen molar-refractivity contribution >= 4 is 17.6 Å². The minimum Gasteiger partial charge on any atom is -0.481 e. The first-order chi connectivity index (χ1) is 11.0. The van der Waals surface area contributed by atoms with E-state index in [1.54, 1.807) is 12.1 Å². The number of anilines is 1. The van der Waals surface area contributed by atoms with Crippen LogP contribution in [0.4, 0.5) is 10.1 Å². The summed E-state index contributed by atoms with van der Waals surface area (Å²) >= 11 is 0. The summed E-state index contributed by atoms with van der Waals surface area (Å²) in [6.45, 7) is -0.0598. The standard InChI is InChI=1S/C16H13FN2O4/c17-12-8-11(18-6-2-1-3-14(18)20)4-5-13(12)19-9-10(16(22)23)7-15(19)21/h1-6,8,10H,7,9H2,(H,22,23). The fourth-order valence-corrected chi connectivity index (χ4v) is 2.61. The number of hydrogen-bond donors (Lipinski definition) is 1. The maximum absolute atomic E-state index is 14.4. The lowest BCUT2D eigenvalue weighted by Gasteiger charge is -2.17. The second kappa shape index (κ2) is 5.68. The van der Waals surface area contributed by atoms with Crippen LogP contribution in [0.15, 0.2) is 47.4 Å². The van der Waals surface area contributed by atoms with Crippen LogP contribution in [0.2, 0.25) is 0 Å². The molecule has 0 saturated carbocycles. The van der Waals surface area contributed by atoms with Gasteiger partial charge in [-0.25, -0.2) is 4.39 Å². The third kappa shape index (κ3) is 2.73. The van der Waals surface area contributed by atoms with Gasteiger partial charge in [-0.05, 0) is 18.2 Å². The van der Waals surface area contributed by atoms with Gasteiger partial charge >= 0.3 is 5.97 Å². The zero-order chi connectivity index (χ0) is 16.6. The molecule has 1 aromatic heterocycles. The van der Waals surface area contributed by atoms with Crippen molar-refractivity contribution in [1.82, 2.24) is 4.57 Å². The summed E-state index contributed by atoms with van der Waals surface area (Å²) in [7, 11) is 0. The molecule has 7 heteroatoms. The topological polar surface area (TPSA) is 79.6 Å². The number of halogens is 1. The van der Waals surface area contributed by atoms with E-state index in [4.69, 9.17) is 5.11 Å². The quantitative estimate of drug-likeness (QED) is 0.928. The Morgan fingerprint density at radius 1 is 1.22 bits per heavy atom. The lowest BCUT2D eigenvalue weighted by molar-refractivity contribution is -0.141. The van der Waals surface area contributed by atoms with E-state index >= 15 is 0 Å². The van der Waals surface area contributed by atoms with Crippen molar-refractivity contribution in [2.75, 3.05) is 11.4 Å². The third-order valence-electron chi connectivity index (χ3n) is 3.80. The summed E-state index contributed by atoms with van der Waals surface area (Å²) < 4.78 is 15.6. The van der Waals surface area contributed by atoms with Crippen LogP contribution < -0.4 is 10.5 Å². The lowest BCUT2D eigenvalue weighted by atomic mass is 10.1. The van der Waals surface area contributed by atoms with Crippen LogP contribution in [0.3, 0.4) is 0 Å². The van der Waals surface area contributed by atoms with E-state index in [1.165, 1.54) is 29.0 Å². The molecule has 0 bridgehead atoms. The molecule has 0 radical (unpaired) electrons. The van der Waals surface area contributed by atoms with Gasteiger partial charge in [-0.2, -0.15) is 0 Å². The Bertz CT molecular complexity index is 846. The number of hydrogen-bond acceptors (Lipinski definition) is 3. The van der Waals surface area contributed by atoms with E-state index < -0.39 is 23.6 Å². The second-order valence-corrected chi connectivity index (χ2v) is 5.29. The molecular formula is C16H13FN2O4. The SMILES string of the molecule is O=C(O)C1CC(=O)N(c2ccc(-n3ccccc3=O)cc2F)C1. The van der Waals surface area contributed by atoms with Gasteiger partial charge in [0.1, 0.15) is 5.82 Å². The first-order valence-corrected chi connectivity index (χ1v) is 6.98. The number of aliphatic carboxylic acids is 1. The molecule has 6 nitrogen and oxygen atoms in total. The highest BCUT2D eigenvalue weighted by Crippen LogP contribution is 2.28. The minimum absolute atomic E-state index is 0.0199. The Morgan fingerprint density at radius 3 is 2.61 bits per heavy atom. The highest BCUT2D eigenvalue weighted by Gasteiger charge is 2.36. The van der Waals surface area contributed by atoms with Crippen LogP contribution in [0, 0.1) is 11.7 Å². The molecular weight excluding hydrogens is 303 g/mol. The molecule has 1 unspecified atom stereocenters. The Balaban J connectivity index is 1.95. The van der Waals surface area contributed by atoms with Crippen LogP contribution in [-0.4, -0.2) is 28.1 Å². The average molecular weight is 316 g/mol. The monoisotopic (exact) mass is 316 g/mol. The number of carbonyl (C=O) groups is 2. The maximum Gasteiger partial charge on any atom is 0.308 e. The summed E-state index contributed by atoms with van der Waals surface area (Å²) in [5, 5.41) is 8.98. The number of benzene rings is 1. The van der Waals surface area contributed by atoms with E-state index in [0.29, 0.717) is 5.69 Å². The zero-order valence-electron chi connectivity index (χ0n) is 12.0. The highest BCUT2D eigenvalue weighted by atomic mass is 19.1. The summed E-state index contributed by atoms with van der Waals surface area (Å²) in [5.41, 5.74) is 0.0487. The Labute approximate surface area is 130 Å². The third-order valence-corrected chi connectivity index (χ3v) is 3.80. The molecule has 0 spiro atoms. The van der Waals surface area contributed by atoms with Crippen molar-refractivity contribution in [2.24, 2.45) is 5.92 Å². The lowest BCUT2D eigenvalue weighted by Crippen LogP contribution is -2.27. The van der Waals surface area contributed by atoms with Gasteiger partial charge in [0, 0.05) is 31.3 Å². The predicted molar refractivity (Wildman–Crippen MR) is 80.1 cm³/mol. The zero-order valence-corrected chi connectivity index (χ0v) is 12.0. The first-order valence-electron chi connectivity index (χ1n) is 6.98. The molecule has 1 aliphatic rings. The number of carbonyl (C=O) groups excluding carboxylic acids is 1. The van der Waals surface area contributed by atoms with Gasteiger partial charge in [-0.15, -0.1) is 0 Å². The summed E-state index contributed by atoms with van der Waals surface area (Å²) in [4.78, 5) is 35.7. The van der Waals surface area contributed by atoms with E-state index in [9.17, 15) is 18.8 Å². The molecule has 1 saturated heterocycles. The van der Waals surface area contributed by atoms with Gasteiger partial charge in [0.2, 0.25) is 5.91 Å². The molecule has 118 valence electrons. The maximum atomic E-state index is 14.4. The van der Waals surface area contributed by atoms with Gasteiger partial charge in [0.15, 0.2) is 0 Å². The number of nitrogens with zero attached hydrogens (tertiary/aromatic N) is 2. The molecule has 1 fully saturated rings. The molecule has 1 amide bonds. The molecule has 0 aliphatic carbocycles. The minimum atomic E-state index is -1.08. The van der Waals surface area contributed by atoms with Crippen molar-refractivity contribution < 1.29 is 19.1 Å². The predicted octanol–water partition coefficient (Wildman–Crippen LogP) is 1.41. The number of carboxylic acid groups (broad SMARTS) is 1. The van der Waals surface area contributed by atoms with Gasteiger partial charge in [-0.1, -0.05) is 6.07 Å². The molecule has 23 heavy (non-hydrogen) atoms. The number of carboxylic acids is 1. The number of amides is 1. The Kier molecular flexibility index (Phi) is 3.69. The van der Waals surface area contributed by atoms with Crippen molar-refractivity contribution in [1.29, 1.82) is 0 Å². The van der Waals surface area contributed by atoms with Crippen LogP contribution in [0.5, 0.6) is 0 Å². The fourth-order valence-electron chi connectivity index (χ4n) is 2.61. The molecule has 1 atom stereocenters. The second-order valence-electron chi connectivity index (χ2n) is 5.29. The smallest absolute Gasteiger partial charge is 0.308 e. The molecule has 1 aromatic carbocycles. The van der Waals surface area contributed by atoms with Crippen molar-refractivity contribution in [3.63, 3.8) is 0 Å². The normalized spacial score (nSPS) is 17.5. The molecule has 1 N–H and O–H groups in total. The number of rotatable bonds is 3. The van der Waals surface area contributed by atoms with Gasteiger partial charge in [0.25, 0.3) is 5.56 Å². The van der Waals surface area contributed by atoms with Crippen LogP contribution in [0.25, 0.3) is 5.69 Å². The largest absolute Gasteiger partial charge is 0.481 e. The Morgan fingerprint density at radius 2 is 2.00 bits per heavy atom. The molecule has 2 heterocycles. The van der Waals surface area contributed by atoms with E-state index in [-0.39, 0.29) is 24.2 Å². The summed E-state index contributed by atoms with van der Waals surface area (Å²) in [6, 6.07) is 8.63.